The number of hydrogen-bond acceptors (Lipinski definition) is 4. The number of para-hydroxylation sites is 1. The molecule has 246 valence electrons. The molecule has 0 amide bonds. The summed E-state index contributed by atoms with van der Waals surface area (Å²) in [5, 5.41) is 9.71. The number of hydrogen-bond donors (Lipinski definition) is 0. The van der Waals surface area contributed by atoms with Crippen molar-refractivity contribution >= 4 is 54.3 Å². The van der Waals surface area contributed by atoms with Crippen molar-refractivity contribution < 1.29 is 4.42 Å². The summed E-state index contributed by atoms with van der Waals surface area (Å²) in [7, 11) is 0. The third-order valence-corrected chi connectivity index (χ3v) is 10.5. The van der Waals surface area contributed by atoms with Crippen LogP contribution in [0.5, 0.6) is 0 Å². The van der Waals surface area contributed by atoms with Crippen molar-refractivity contribution in [1.29, 1.82) is 0 Å². The van der Waals surface area contributed by atoms with Gasteiger partial charge >= 0.3 is 0 Å². The van der Waals surface area contributed by atoms with Gasteiger partial charge in [-0.05, 0) is 85.4 Å². The fraction of sp³-hybridized carbons (Fsp3) is 0. The summed E-state index contributed by atoms with van der Waals surface area (Å²) >= 11 is 0. The predicted octanol–water partition coefficient (Wildman–Crippen LogP) is 13.0. The highest BCUT2D eigenvalue weighted by Crippen LogP contribution is 2.40. The van der Waals surface area contributed by atoms with Gasteiger partial charge in [-0.2, -0.15) is 0 Å². The van der Waals surface area contributed by atoms with Gasteiger partial charge in [0.2, 0.25) is 0 Å². The molecule has 8 aromatic carbocycles. The summed E-state index contributed by atoms with van der Waals surface area (Å²) in [6.45, 7) is 0. The second-order valence-electron chi connectivity index (χ2n) is 13.6. The average Bonchev–Trinajstić information content (AvgIpc) is 3.61. The second-order valence-corrected chi connectivity index (χ2v) is 13.6. The predicted molar refractivity (Wildman–Crippen MR) is 218 cm³/mol. The Kier molecular flexibility index (Phi) is 6.52. The van der Waals surface area contributed by atoms with E-state index in [4.69, 9.17) is 14.4 Å². The standard InChI is InChI=1S/C49H29N3O/c1-2-12-45-40(11-1)42-27-36(21-24-46(42)53-45)30-13-15-31(16-14-30)43-28-44(52-49(51-43)37-9-4-8-35(26-37)38-10-5-25-50-29-38)39-22-19-34-18-17-32-6-3-7-33-20-23-41(39)48(34)47(32)33/h1-29H. The molecule has 0 saturated heterocycles. The molecule has 0 saturated carbocycles. The van der Waals surface area contributed by atoms with Crippen LogP contribution in [-0.4, -0.2) is 15.0 Å². The van der Waals surface area contributed by atoms with Gasteiger partial charge < -0.3 is 4.42 Å². The highest BCUT2D eigenvalue weighted by Gasteiger charge is 2.17. The fourth-order valence-corrected chi connectivity index (χ4v) is 7.93. The van der Waals surface area contributed by atoms with Gasteiger partial charge in [-0.25, -0.2) is 9.97 Å². The van der Waals surface area contributed by atoms with Crippen molar-refractivity contribution in [3.05, 3.63) is 176 Å². The zero-order chi connectivity index (χ0) is 34.9. The fourth-order valence-electron chi connectivity index (χ4n) is 7.93. The van der Waals surface area contributed by atoms with E-state index in [9.17, 15) is 0 Å². The quantitative estimate of drug-likeness (QED) is 0.170. The molecule has 0 fully saturated rings. The first kappa shape index (κ1) is 29.5. The molecule has 0 N–H and O–H groups in total. The molecule has 0 atom stereocenters. The minimum Gasteiger partial charge on any atom is -0.456 e. The molecule has 0 aliphatic carbocycles. The van der Waals surface area contributed by atoms with E-state index in [0.29, 0.717) is 5.82 Å². The molecule has 0 aliphatic heterocycles. The molecule has 53 heavy (non-hydrogen) atoms. The zero-order valence-electron chi connectivity index (χ0n) is 28.5. The zero-order valence-corrected chi connectivity index (χ0v) is 28.5. The van der Waals surface area contributed by atoms with Crippen molar-refractivity contribution in [2.75, 3.05) is 0 Å². The van der Waals surface area contributed by atoms with Gasteiger partial charge in [0.15, 0.2) is 5.82 Å². The molecule has 0 radical (unpaired) electrons. The van der Waals surface area contributed by atoms with Gasteiger partial charge in [0.1, 0.15) is 11.2 Å². The lowest BCUT2D eigenvalue weighted by atomic mass is 9.91. The lowest BCUT2D eigenvalue weighted by molar-refractivity contribution is 0.669. The van der Waals surface area contributed by atoms with E-state index < -0.39 is 0 Å². The van der Waals surface area contributed by atoms with E-state index in [1.165, 1.54) is 32.3 Å². The van der Waals surface area contributed by atoms with E-state index in [0.717, 1.165) is 72.3 Å². The molecule has 3 aromatic heterocycles. The van der Waals surface area contributed by atoms with Gasteiger partial charge in [-0.3, -0.25) is 4.98 Å². The van der Waals surface area contributed by atoms with Crippen molar-refractivity contribution in [2.45, 2.75) is 0 Å². The third-order valence-electron chi connectivity index (χ3n) is 10.5. The Labute approximate surface area is 305 Å². The Morgan fingerprint density at radius 3 is 1.92 bits per heavy atom. The number of benzene rings is 8. The highest BCUT2D eigenvalue weighted by molar-refractivity contribution is 6.25. The van der Waals surface area contributed by atoms with E-state index in [1.807, 2.05) is 24.4 Å². The molecule has 4 nitrogen and oxygen atoms in total. The van der Waals surface area contributed by atoms with E-state index in [1.54, 1.807) is 6.20 Å². The molecule has 0 unspecified atom stereocenters. The Balaban J connectivity index is 1.07. The maximum absolute atomic E-state index is 6.09. The minimum atomic E-state index is 0.676. The van der Waals surface area contributed by atoms with Crippen molar-refractivity contribution in [3.63, 3.8) is 0 Å². The molecule has 11 rings (SSSR count). The molecule has 0 bridgehead atoms. The highest BCUT2D eigenvalue weighted by atomic mass is 16.3. The summed E-state index contributed by atoms with van der Waals surface area (Å²) in [6.07, 6.45) is 3.69. The van der Waals surface area contributed by atoms with Crippen LogP contribution in [0, 0.1) is 0 Å². The molecular weight excluding hydrogens is 647 g/mol. The van der Waals surface area contributed by atoms with Crippen LogP contribution in [0.1, 0.15) is 0 Å². The smallest absolute Gasteiger partial charge is 0.160 e. The van der Waals surface area contributed by atoms with Crippen LogP contribution in [0.25, 0.3) is 110 Å². The van der Waals surface area contributed by atoms with Gasteiger partial charge in [-0.1, -0.05) is 127 Å². The summed E-state index contributed by atoms with van der Waals surface area (Å²) in [5.74, 6) is 0.676. The van der Waals surface area contributed by atoms with Gasteiger partial charge in [0, 0.05) is 45.4 Å². The van der Waals surface area contributed by atoms with Gasteiger partial charge in [0.25, 0.3) is 0 Å². The number of rotatable bonds is 5. The Bertz CT molecular complexity index is 3150. The first-order valence-corrected chi connectivity index (χ1v) is 17.8. The van der Waals surface area contributed by atoms with Crippen LogP contribution in [0.15, 0.2) is 181 Å². The average molecular weight is 676 g/mol. The molecule has 4 heteroatoms. The lowest BCUT2D eigenvalue weighted by Crippen LogP contribution is -1.97. The number of aromatic nitrogens is 3. The van der Waals surface area contributed by atoms with Crippen molar-refractivity contribution in [1.82, 2.24) is 15.0 Å². The van der Waals surface area contributed by atoms with Crippen molar-refractivity contribution in [2.24, 2.45) is 0 Å². The molecule has 0 spiro atoms. The Morgan fingerprint density at radius 1 is 0.377 bits per heavy atom. The van der Waals surface area contributed by atoms with Crippen LogP contribution in [0.3, 0.4) is 0 Å². The Morgan fingerprint density at radius 2 is 1.06 bits per heavy atom. The van der Waals surface area contributed by atoms with Crippen LogP contribution >= 0.6 is 0 Å². The molecule has 11 aromatic rings. The van der Waals surface area contributed by atoms with E-state index in [-0.39, 0.29) is 0 Å². The maximum atomic E-state index is 6.09. The number of pyridine rings is 1. The number of furan rings is 1. The van der Waals surface area contributed by atoms with E-state index in [2.05, 4.69) is 151 Å². The monoisotopic (exact) mass is 675 g/mol. The van der Waals surface area contributed by atoms with Gasteiger partial charge in [-0.15, -0.1) is 0 Å². The lowest BCUT2D eigenvalue weighted by Gasteiger charge is -2.15. The first-order chi connectivity index (χ1) is 26.2. The molecule has 3 heterocycles. The number of fused-ring (bicyclic) bond motifs is 3. The molecular formula is C49H29N3O. The van der Waals surface area contributed by atoms with Crippen LogP contribution in [-0.2, 0) is 0 Å². The minimum absolute atomic E-state index is 0.676. The SMILES string of the molecule is c1cncc(-c2cccc(-c3nc(-c4ccc(-c5ccc6oc7ccccc7c6c5)cc4)cc(-c4ccc5ccc6cccc7ccc4c5c67)n3)c2)c1. The maximum Gasteiger partial charge on any atom is 0.160 e. The Hall–Kier alpha value is -7.17. The molecule has 0 aliphatic rings. The largest absolute Gasteiger partial charge is 0.456 e. The normalized spacial score (nSPS) is 11.8. The summed E-state index contributed by atoms with van der Waals surface area (Å²) in [5.41, 5.74) is 11.0. The first-order valence-electron chi connectivity index (χ1n) is 17.8. The number of nitrogens with zero attached hydrogens (tertiary/aromatic N) is 3. The van der Waals surface area contributed by atoms with Crippen LogP contribution in [0.2, 0.25) is 0 Å². The van der Waals surface area contributed by atoms with E-state index >= 15 is 0 Å². The van der Waals surface area contributed by atoms with Crippen LogP contribution in [0.4, 0.5) is 0 Å². The summed E-state index contributed by atoms with van der Waals surface area (Å²) in [4.78, 5) is 14.9. The van der Waals surface area contributed by atoms with Crippen LogP contribution < -0.4 is 0 Å². The summed E-state index contributed by atoms with van der Waals surface area (Å²) < 4.78 is 6.09. The summed E-state index contributed by atoms with van der Waals surface area (Å²) in [6, 6.07) is 57.8. The van der Waals surface area contributed by atoms with Gasteiger partial charge in [0.05, 0.1) is 11.4 Å². The second kappa shape index (κ2) is 11.7. The topological polar surface area (TPSA) is 51.8 Å². The third kappa shape index (κ3) is 4.88. The van der Waals surface area contributed by atoms with Crippen molar-refractivity contribution in [3.8, 4) is 56.2 Å².